The van der Waals surface area contributed by atoms with E-state index in [0.29, 0.717) is 40.3 Å². The second-order valence-corrected chi connectivity index (χ2v) is 7.18. The molecule has 0 saturated carbocycles. The number of hydrogen-bond donors (Lipinski definition) is 1. The maximum atomic E-state index is 12.6. The first-order valence-corrected chi connectivity index (χ1v) is 9.97. The zero-order valence-corrected chi connectivity index (χ0v) is 17.5. The lowest BCUT2D eigenvalue weighted by Gasteiger charge is -2.14. The van der Waals surface area contributed by atoms with Crippen molar-refractivity contribution in [2.45, 2.75) is 20.1 Å². The number of rotatable bonds is 8. The van der Waals surface area contributed by atoms with Crippen molar-refractivity contribution in [3.63, 3.8) is 0 Å². The van der Waals surface area contributed by atoms with E-state index >= 15 is 0 Å². The number of nitrogens with one attached hydrogen (secondary N) is 1. The van der Waals surface area contributed by atoms with Gasteiger partial charge in [0, 0.05) is 27.7 Å². The zero-order chi connectivity index (χ0) is 20.6. The molecule has 3 rings (SSSR count). The molecule has 0 radical (unpaired) electrons. The third kappa shape index (κ3) is 6.14. The molecular weight excluding hydrogens is 409 g/mol. The van der Waals surface area contributed by atoms with E-state index in [2.05, 4.69) is 5.32 Å². The summed E-state index contributed by atoms with van der Waals surface area (Å²) in [7, 11) is 0. The molecule has 0 spiro atoms. The van der Waals surface area contributed by atoms with Crippen LogP contribution in [0.1, 0.15) is 28.4 Å². The van der Waals surface area contributed by atoms with E-state index in [-0.39, 0.29) is 12.5 Å². The van der Waals surface area contributed by atoms with E-state index in [1.165, 1.54) is 0 Å². The Morgan fingerprint density at radius 2 is 1.72 bits per heavy atom. The van der Waals surface area contributed by atoms with Gasteiger partial charge in [-0.1, -0.05) is 41.4 Å². The minimum atomic E-state index is -0.174. The Labute approximate surface area is 180 Å². The van der Waals surface area contributed by atoms with E-state index in [1.807, 2.05) is 31.2 Å². The SMILES string of the molecule is CCOc1ccc(C(=O)NCc2ccc(Cl)cc2)cc1COc1cccc(Cl)c1. The minimum absolute atomic E-state index is 0.174. The van der Waals surface area contributed by atoms with Gasteiger partial charge < -0.3 is 14.8 Å². The van der Waals surface area contributed by atoms with Crippen molar-refractivity contribution < 1.29 is 14.3 Å². The fourth-order valence-electron chi connectivity index (χ4n) is 2.73. The molecule has 0 unspecified atom stereocenters. The van der Waals surface area contributed by atoms with Crippen LogP contribution in [0.5, 0.6) is 11.5 Å². The molecule has 0 aromatic heterocycles. The Balaban J connectivity index is 1.70. The van der Waals surface area contributed by atoms with E-state index in [4.69, 9.17) is 32.7 Å². The van der Waals surface area contributed by atoms with Crippen LogP contribution in [0, 0.1) is 0 Å². The summed E-state index contributed by atoms with van der Waals surface area (Å²) in [4.78, 5) is 12.6. The summed E-state index contributed by atoms with van der Waals surface area (Å²) < 4.78 is 11.5. The molecule has 3 aromatic rings. The molecule has 0 bridgehead atoms. The smallest absolute Gasteiger partial charge is 0.251 e. The molecule has 1 amide bonds. The molecule has 150 valence electrons. The predicted molar refractivity (Wildman–Crippen MR) is 116 cm³/mol. The van der Waals surface area contributed by atoms with Crippen molar-refractivity contribution >= 4 is 29.1 Å². The first-order valence-electron chi connectivity index (χ1n) is 9.22. The molecule has 0 aliphatic carbocycles. The van der Waals surface area contributed by atoms with Gasteiger partial charge in [-0.15, -0.1) is 0 Å². The summed E-state index contributed by atoms with van der Waals surface area (Å²) in [6.45, 7) is 3.10. The second kappa shape index (κ2) is 10.2. The van der Waals surface area contributed by atoms with Crippen LogP contribution in [0.15, 0.2) is 66.7 Å². The third-order valence-electron chi connectivity index (χ3n) is 4.18. The fraction of sp³-hybridized carbons (Fsp3) is 0.174. The average molecular weight is 430 g/mol. The first kappa shape index (κ1) is 21.0. The maximum Gasteiger partial charge on any atom is 0.251 e. The number of carbonyl (C=O) groups excluding carboxylic acids is 1. The van der Waals surface area contributed by atoms with Crippen LogP contribution in [0.25, 0.3) is 0 Å². The van der Waals surface area contributed by atoms with Gasteiger partial charge in [0.05, 0.1) is 6.61 Å². The maximum absolute atomic E-state index is 12.6. The van der Waals surface area contributed by atoms with Gasteiger partial charge in [-0.3, -0.25) is 4.79 Å². The highest BCUT2D eigenvalue weighted by molar-refractivity contribution is 6.30. The summed E-state index contributed by atoms with van der Waals surface area (Å²) in [5.74, 6) is 1.16. The summed E-state index contributed by atoms with van der Waals surface area (Å²) >= 11 is 11.9. The van der Waals surface area contributed by atoms with Gasteiger partial charge in [0.25, 0.3) is 5.91 Å². The summed E-state index contributed by atoms with van der Waals surface area (Å²) in [6, 6.07) is 19.8. The number of hydrogen-bond acceptors (Lipinski definition) is 3. The van der Waals surface area contributed by atoms with Gasteiger partial charge in [0.15, 0.2) is 0 Å². The predicted octanol–water partition coefficient (Wildman–Crippen LogP) is 5.90. The van der Waals surface area contributed by atoms with Crippen LogP contribution < -0.4 is 14.8 Å². The molecule has 0 saturated heterocycles. The number of benzene rings is 3. The summed E-state index contributed by atoms with van der Waals surface area (Å²) in [5, 5.41) is 4.18. The zero-order valence-electron chi connectivity index (χ0n) is 16.0. The molecule has 0 atom stereocenters. The molecule has 1 N–H and O–H groups in total. The van der Waals surface area contributed by atoms with Crippen molar-refractivity contribution in [2.75, 3.05) is 6.61 Å². The molecule has 4 nitrogen and oxygen atoms in total. The third-order valence-corrected chi connectivity index (χ3v) is 4.67. The largest absolute Gasteiger partial charge is 0.493 e. The Kier molecular flexibility index (Phi) is 7.39. The van der Waals surface area contributed by atoms with E-state index in [9.17, 15) is 4.79 Å². The number of carbonyl (C=O) groups is 1. The molecular formula is C23H21Cl2NO3. The van der Waals surface area contributed by atoms with E-state index in [1.54, 1.807) is 42.5 Å². The topological polar surface area (TPSA) is 47.6 Å². The standard InChI is InChI=1S/C23H21Cl2NO3/c1-2-28-22-11-8-17(23(27)26-14-16-6-9-19(24)10-7-16)12-18(22)15-29-21-5-3-4-20(25)13-21/h3-13H,2,14-15H2,1H3,(H,26,27). The van der Waals surface area contributed by atoms with Crippen molar-refractivity contribution in [1.82, 2.24) is 5.32 Å². The van der Waals surface area contributed by atoms with Gasteiger partial charge in [-0.25, -0.2) is 0 Å². The van der Waals surface area contributed by atoms with Crippen LogP contribution in [0.4, 0.5) is 0 Å². The van der Waals surface area contributed by atoms with Gasteiger partial charge in [-0.05, 0) is 61.0 Å². The monoisotopic (exact) mass is 429 g/mol. The quantitative estimate of drug-likeness (QED) is 0.484. The molecule has 6 heteroatoms. The molecule has 0 aliphatic rings. The Morgan fingerprint density at radius 3 is 2.45 bits per heavy atom. The lowest BCUT2D eigenvalue weighted by atomic mass is 10.1. The minimum Gasteiger partial charge on any atom is -0.493 e. The van der Waals surface area contributed by atoms with Crippen molar-refractivity contribution in [3.8, 4) is 11.5 Å². The normalized spacial score (nSPS) is 10.4. The van der Waals surface area contributed by atoms with E-state index < -0.39 is 0 Å². The van der Waals surface area contributed by atoms with Crippen molar-refractivity contribution in [2.24, 2.45) is 0 Å². The second-order valence-electron chi connectivity index (χ2n) is 6.31. The van der Waals surface area contributed by atoms with Crippen LogP contribution in [0.2, 0.25) is 10.0 Å². The lowest BCUT2D eigenvalue weighted by molar-refractivity contribution is 0.0950. The van der Waals surface area contributed by atoms with Crippen LogP contribution >= 0.6 is 23.2 Å². The molecule has 0 aliphatic heterocycles. The summed E-state index contributed by atoms with van der Waals surface area (Å²) in [5.41, 5.74) is 2.29. The van der Waals surface area contributed by atoms with Crippen LogP contribution in [0.3, 0.4) is 0 Å². The summed E-state index contributed by atoms with van der Waals surface area (Å²) in [6.07, 6.45) is 0. The highest BCUT2D eigenvalue weighted by atomic mass is 35.5. The lowest BCUT2D eigenvalue weighted by Crippen LogP contribution is -2.23. The highest BCUT2D eigenvalue weighted by Crippen LogP contribution is 2.24. The number of ether oxygens (including phenoxy) is 2. The Morgan fingerprint density at radius 1 is 0.931 bits per heavy atom. The molecule has 0 heterocycles. The van der Waals surface area contributed by atoms with Crippen LogP contribution in [-0.2, 0) is 13.2 Å². The first-order chi connectivity index (χ1) is 14.0. The molecule has 3 aromatic carbocycles. The van der Waals surface area contributed by atoms with Crippen molar-refractivity contribution in [1.29, 1.82) is 0 Å². The van der Waals surface area contributed by atoms with Gasteiger partial charge in [-0.2, -0.15) is 0 Å². The van der Waals surface area contributed by atoms with E-state index in [0.717, 1.165) is 11.1 Å². The van der Waals surface area contributed by atoms with Crippen LogP contribution in [-0.4, -0.2) is 12.5 Å². The Hall–Kier alpha value is -2.69. The molecule has 29 heavy (non-hydrogen) atoms. The average Bonchev–Trinajstić information content (AvgIpc) is 2.72. The van der Waals surface area contributed by atoms with Crippen molar-refractivity contribution in [3.05, 3.63) is 93.5 Å². The number of halogens is 2. The highest BCUT2D eigenvalue weighted by Gasteiger charge is 2.12. The van der Waals surface area contributed by atoms with Gasteiger partial charge in [0.2, 0.25) is 0 Å². The Bertz CT molecular complexity index is 974. The molecule has 0 fully saturated rings. The van der Waals surface area contributed by atoms with Gasteiger partial charge in [0.1, 0.15) is 18.1 Å². The number of amides is 1. The van der Waals surface area contributed by atoms with Gasteiger partial charge >= 0.3 is 0 Å². The fourth-order valence-corrected chi connectivity index (χ4v) is 3.04.